The highest BCUT2D eigenvalue weighted by atomic mass is 16.5. The largest absolute Gasteiger partial charge is 0.462 e. The number of carbonyl (C=O) groups excluding carboxylic acids is 2. The smallest absolute Gasteiger partial charge is 0.338 e. The Morgan fingerprint density at radius 1 is 1.21 bits per heavy atom. The van der Waals surface area contributed by atoms with Gasteiger partial charge in [0.15, 0.2) is 5.82 Å². The molecule has 9 heteroatoms. The minimum atomic E-state index is -0.644. The van der Waals surface area contributed by atoms with Gasteiger partial charge in [0.05, 0.1) is 17.9 Å². The standard InChI is InChI=1S/C20H28N6O3/c1-4-21-19(28)22-20(12-10-14(3)11-13-20)18-23-24-25-26(18)16-8-6-15(7-9-16)17(27)29-5-2/h6-9,14H,4-5,10-13H2,1-3H3,(H2,21,22,28). The number of amides is 2. The van der Waals surface area contributed by atoms with Crippen molar-refractivity contribution in [3.05, 3.63) is 35.7 Å². The van der Waals surface area contributed by atoms with Crippen LogP contribution in [0, 0.1) is 5.92 Å². The third-order valence-electron chi connectivity index (χ3n) is 5.34. The molecule has 0 bridgehead atoms. The third-order valence-corrected chi connectivity index (χ3v) is 5.34. The van der Waals surface area contributed by atoms with Crippen LogP contribution in [-0.2, 0) is 10.3 Å². The average Bonchev–Trinajstić information content (AvgIpc) is 3.21. The Morgan fingerprint density at radius 2 is 1.90 bits per heavy atom. The van der Waals surface area contributed by atoms with Crippen LogP contribution in [-0.4, -0.2) is 45.4 Å². The molecule has 1 heterocycles. The summed E-state index contributed by atoms with van der Waals surface area (Å²) in [6.07, 6.45) is 3.46. The van der Waals surface area contributed by atoms with E-state index < -0.39 is 5.54 Å². The number of urea groups is 1. The maximum atomic E-state index is 12.4. The fourth-order valence-electron chi connectivity index (χ4n) is 3.69. The number of hydrogen-bond donors (Lipinski definition) is 2. The molecule has 0 saturated heterocycles. The Kier molecular flexibility index (Phi) is 6.46. The molecule has 3 rings (SSSR count). The first-order valence-electron chi connectivity index (χ1n) is 10.1. The zero-order valence-corrected chi connectivity index (χ0v) is 17.1. The van der Waals surface area contributed by atoms with Gasteiger partial charge in [-0.1, -0.05) is 6.92 Å². The van der Waals surface area contributed by atoms with Crippen LogP contribution >= 0.6 is 0 Å². The number of rotatable bonds is 6. The maximum Gasteiger partial charge on any atom is 0.338 e. The zero-order valence-electron chi connectivity index (χ0n) is 17.1. The van der Waals surface area contributed by atoms with Crippen molar-refractivity contribution in [3.63, 3.8) is 0 Å². The molecule has 1 saturated carbocycles. The molecule has 1 aromatic heterocycles. The molecule has 2 N–H and O–H groups in total. The number of ether oxygens (including phenoxy) is 1. The van der Waals surface area contributed by atoms with Crippen LogP contribution in [0.4, 0.5) is 4.79 Å². The number of benzene rings is 1. The van der Waals surface area contributed by atoms with Gasteiger partial charge in [0.1, 0.15) is 5.54 Å². The van der Waals surface area contributed by atoms with Crippen molar-refractivity contribution < 1.29 is 14.3 Å². The lowest BCUT2D eigenvalue weighted by Gasteiger charge is -2.38. The zero-order chi connectivity index (χ0) is 20.9. The number of nitrogens with zero attached hydrogens (tertiary/aromatic N) is 4. The van der Waals surface area contributed by atoms with Crippen molar-refractivity contribution in [2.45, 2.75) is 52.0 Å². The van der Waals surface area contributed by atoms with E-state index >= 15 is 0 Å². The molecule has 0 atom stereocenters. The predicted molar refractivity (Wildman–Crippen MR) is 107 cm³/mol. The van der Waals surface area contributed by atoms with Crippen molar-refractivity contribution in [3.8, 4) is 5.69 Å². The van der Waals surface area contributed by atoms with Crippen LogP contribution in [0.5, 0.6) is 0 Å². The maximum absolute atomic E-state index is 12.4. The summed E-state index contributed by atoms with van der Waals surface area (Å²) in [5, 5.41) is 18.2. The molecule has 0 unspecified atom stereocenters. The molecule has 1 fully saturated rings. The van der Waals surface area contributed by atoms with Crippen LogP contribution < -0.4 is 10.6 Å². The second kappa shape index (κ2) is 9.02. The van der Waals surface area contributed by atoms with Gasteiger partial charge in [-0.2, -0.15) is 4.68 Å². The topological polar surface area (TPSA) is 111 Å². The molecular formula is C20H28N6O3. The van der Waals surface area contributed by atoms with Gasteiger partial charge in [0, 0.05) is 6.54 Å². The van der Waals surface area contributed by atoms with Crippen LogP contribution in [0.2, 0.25) is 0 Å². The van der Waals surface area contributed by atoms with Gasteiger partial charge in [-0.05, 0) is 80.1 Å². The van der Waals surface area contributed by atoms with Gasteiger partial charge < -0.3 is 15.4 Å². The predicted octanol–water partition coefficient (Wildman–Crippen LogP) is 2.56. The molecule has 1 aromatic carbocycles. The van der Waals surface area contributed by atoms with E-state index in [1.807, 2.05) is 6.92 Å². The molecule has 2 aromatic rings. The van der Waals surface area contributed by atoms with Gasteiger partial charge >= 0.3 is 12.0 Å². The Morgan fingerprint density at radius 3 is 2.52 bits per heavy atom. The van der Waals surface area contributed by atoms with E-state index in [0.717, 1.165) is 25.7 Å². The van der Waals surface area contributed by atoms with Crippen molar-refractivity contribution >= 4 is 12.0 Å². The van der Waals surface area contributed by atoms with Crippen LogP contribution in [0.25, 0.3) is 5.69 Å². The number of aromatic nitrogens is 4. The molecule has 0 aliphatic heterocycles. The monoisotopic (exact) mass is 400 g/mol. The quantitative estimate of drug-likeness (QED) is 0.721. The molecule has 1 aliphatic carbocycles. The summed E-state index contributed by atoms with van der Waals surface area (Å²) < 4.78 is 6.67. The third kappa shape index (κ3) is 4.55. The van der Waals surface area contributed by atoms with Crippen molar-refractivity contribution in [1.29, 1.82) is 0 Å². The summed E-state index contributed by atoms with van der Waals surface area (Å²) >= 11 is 0. The van der Waals surface area contributed by atoms with Crippen molar-refractivity contribution in [2.75, 3.05) is 13.2 Å². The number of hydrogen-bond acceptors (Lipinski definition) is 6. The first-order chi connectivity index (χ1) is 14.0. The minimum Gasteiger partial charge on any atom is -0.462 e. The second-order valence-electron chi connectivity index (χ2n) is 7.43. The summed E-state index contributed by atoms with van der Waals surface area (Å²) in [4.78, 5) is 24.3. The first-order valence-corrected chi connectivity index (χ1v) is 10.1. The average molecular weight is 400 g/mol. The van der Waals surface area contributed by atoms with E-state index in [1.54, 1.807) is 35.9 Å². The Hall–Kier alpha value is -2.97. The Labute approximate surface area is 170 Å². The fourth-order valence-corrected chi connectivity index (χ4v) is 3.69. The van der Waals surface area contributed by atoms with Gasteiger partial charge in [-0.3, -0.25) is 0 Å². The van der Waals surface area contributed by atoms with E-state index in [0.29, 0.717) is 36.1 Å². The van der Waals surface area contributed by atoms with Gasteiger partial charge in [0.2, 0.25) is 0 Å². The number of tetrazole rings is 1. The Bertz CT molecular complexity index is 840. The summed E-state index contributed by atoms with van der Waals surface area (Å²) in [6.45, 7) is 6.73. The Balaban J connectivity index is 1.93. The highest BCUT2D eigenvalue weighted by Gasteiger charge is 2.42. The second-order valence-corrected chi connectivity index (χ2v) is 7.43. The highest BCUT2D eigenvalue weighted by molar-refractivity contribution is 5.89. The van der Waals surface area contributed by atoms with Crippen molar-refractivity contribution in [2.24, 2.45) is 5.92 Å². The number of esters is 1. The number of nitrogens with one attached hydrogen (secondary N) is 2. The van der Waals surface area contributed by atoms with Gasteiger partial charge in [0.25, 0.3) is 0 Å². The normalized spacial score (nSPS) is 21.4. The molecule has 1 aliphatic rings. The lowest BCUT2D eigenvalue weighted by Crippen LogP contribution is -2.53. The minimum absolute atomic E-state index is 0.228. The van der Waals surface area contributed by atoms with E-state index in [-0.39, 0.29) is 12.0 Å². The molecular weight excluding hydrogens is 372 g/mol. The van der Waals surface area contributed by atoms with Gasteiger partial charge in [-0.25, -0.2) is 9.59 Å². The van der Waals surface area contributed by atoms with Crippen LogP contribution in [0.1, 0.15) is 62.6 Å². The van der Waals surface area contributed by atoms with Crippen molar-refractivity contribution in [1.82, 2.24) is 30.8 Å². The lowest BCUT2D eigenvalue weighted by molar-refractivity contribution is 0.0526. The summed E-state index contributed by atoms with van der Waals surface area (Å²) in [7, 11) is 0. The van der Waals surface area contributed by atoms with Crippen LogP contribution in [0.3, 0.4) is 0 Å². The highest BCUT2D eigenvalue weighted by Crippen LogP contribution is 2.39. The summed E-state index contributed by atoms with van der Waals surface area (Å²) in [5.41, 5.74) is 0.537. The van der Waals surface area contributed by atoms with Gasteiger partial charge in [-0.15, -0.1) is 5.10 Å². The van der Waals surface area contributed by atoms with Crippen LogP contribution in [0.15, 0.2) is 24.3 Å². The SMILES string of the molecule is CCNC(=O)NC1(c2nnnn2-c2ccc(C(=O)OCC)cc2)CCC(C)CC1. The first kappa shape index (κ1) is 20.8. The fraction of sp³-hybridized carbons (Fsp3) is 0.550. The van der Waals surface area contributed by atoms with E-state index in [2.05, 4.69) is 33.1 Å². The summed E-state index contributed by atoms with van der Waals surface area (Å²) in [6, 6.07) is 6.70. The van der Waals surface area contributed by atoms with E-state index in [4.69, 9.17) is 4.74 Å². The molecule has 0 spiro atoms. The molecule has 2 amide bonds. The number of carbonyl (C=O) groups is 2. The molecule has 29 heavy (non-hydrogen) atoms. The lowest BCUT2D eigenvalue weighted by atomic mass is 9.76. The summed E-state index contributed by atoms with van der Waals surface area (Å²) in [5.74, 6) is 0.818. The molecule has 9 nitrogen and oxygen atoms in total. The molecule has 0 radical (unpaired) electrons. The van der Waals surface area contributed by atoms with E-state index in [1.165, 1.54) is 0 Å². The molecule has 156 valence electrons. The van der Waals surface area contributed by atoms with E-state index in [9.17, 15) is 9.59 Å².